The van der Waals surface area contributed by atoms with Crippen LogP contribution in [0, 0.1) is 11.7 Å². The van der Waals surface area contributed by atoms with E-state index < -0.39 is 0 Å². The Morgan fingerprint density at radius 1 is 1.31 bits per heavy atom. The Balaban J connectivity index is 1.96. The fraction of sp³-hybridized carbons (Fsp3) is 0.571. The molecule has 1 saturated carbocycles. The summed E-state index contributed by atoms with van der Waals surface area (Å²) in [5, 5.41) is 3.65. The Hall–Kier alpha value is -0.890. The highest BCUT2D eigenvalue weighted by Crippen LogP contribution is 2.29. The summed E-state index contributed by atoms with van der Waals surface area (Å²) in [6, 6.07) is 7.90. The molecule has 16 heavy (non-hydrogen) atoms. The first-order chi connectivity index (χ1) is 7.69. The highest BCUT2D eigenvalue weighted by Gasteiger charge is 2.27. The van der Waals surface area contributed by atoms with E-state index in [1.54, 1.807) is 12.1 Å². The molecule has 0 amide bonds. The average Bonchev–Trinajstić information content (AvgIpc) is 2.24. The van der Waals surface area contributed by atoms with Crippen LogP contribution in [0.1, 0.15) is 44.7 Å². The molecular formula is C14H20FN. The lowest BCUT2D eigenvalue weighted by Gasteiger charge is -2.36. The Kier molecular flexibility index (Phi) is 3.59. The molecule has 0 bridgehead atoms. The largest absolute Gasteiger partial charge is 0.307 e. The first-order valence-electron chi connectivity index (χ1n) is 6.20. The van der Waals surface area contributed by atoms with Crippen molar-refractivity contribution in [1.82, 2.24) is 5.32 Å². The average molecular weight is 221 g/mol. The van der Waals surface area contributed by atoms with Crippen LogP contribution >= 0.6 is 0 Å². The highest BCUT2D eigenvalue weighted by atomic mass is 19.1. The predicted octanol–water partition coefficient (Wildman–Crippen LogP) is 3.66. The van der Waals surface area contributed by atoms with Gasteiger partial charge in [-0.15, -0.1) is 0 Å². The Morgan fingerprint density at radius 2 is 1.94 bits per heavy atom. The molecule has 2 heteroatoms. The third kappa shape index (κ3) is 2.62. The molecule has 0 aliphatic heterocycles. The van der Waals surface area contributed by atoms with E-state index in [4.69, 9.17) is 0 Å². The van der Waals surface area contributed by atoms with Crippen molar-refractivity contribution < 1.29 is 4.39 Å². The molecule has 0 heterocycles. The summed E-state index contributed by atoms with van der Waals surface area (Å²) < 4.78 is 12.8. The molecule has 1 unspecified atom stereocenters. The van der Waals surface area contributed by atoms with Gasteiger partial charge in [-0.25, -0.2) is 4.39 Å². The van der Waals surface area contributed by atoms with Crippen molar-refractivity contribution in [3.05, 3.63) is 35.6 Å². The summed E-state index contributed by atoms with van der Waals surface area (Å²) >= 11 is 0. The van der Waals surface area contributed by atoms with Crippen LogP contribution in [0.15, 0.2) is 24.3 Å². The smallest absolute Gasteiger partial charge is 0.123 e. The molecule has 1 atom stereocenters. The predicted molar refractivity (Wildman–Crippen MR) is 64.8 cm³/mol. The molecule has 1 N–H and O–H groups in total. The molecule has 88 valence electrons. The van der Waals surface area contributed by atoms with E-state index in [2.05, 4.69) is 19.2 Å². The zero-order chi connectivity index (χ0) is 11.5. The summed E-state index contributed by atoms with van der Waals surface area (Å²) in [5.74, 6) is 0.707. The van der Waals surface area contributed by atoms with E-state index in [1.807, 2.05) is 12.1 Å². The number of nitrogens with one attached hydrogen (secondary N) is 1. The van der Waals surface area contributed by atoms with Gasteiger partial charge in [0.05, 0.1) is 0 Å². The van der Waals surface area contributed by atoms with Gasteiger partial charge in [0.25, 0.3) is 0 Å². The van der Waals surface area contributed by atoms with Gasteiger partial charge in [-0.1, -0.05) is 26.0 Å². The minimum Gasteiger partial charge on any atom is -0.307 e. The molecule has 0 radical (unpaired) electrons. The number of hydrogen-bond acceptors (Lipinski definition) is 1. The topological polar surface area (TPSA) is 12.0 Å². The van der Waals surface area contributed by atoms with Crippen LogP contribution in [0.4, 0.5) is 4.39 Å². The molecule has 0 aromatic heterocycles. The summed E-state index contributed by atoms with van der Waals surface area (Å²) in [7, 11) is 0. The highest BCUT2D eigenvalue weighted by molar-refractivity contribution is 5.20. The van der Waals surface area contributed by atoms with Crippen LogP contribution in [0.5, 0.6) is 0 Å². The molecule has 1 aromatic carbocycles. The number of rotatable bonds is 4. The van der Waals surface area contributed by atoms with Gasteiger partial charge < -0.3 is 5.32 Å². The molecule has 0 saturated heterocycles. The molecule has 1 fully saturated rings. The number of hydrogen-bond donors (Lipinski definition) is 1. The standard InChI is InChI=1S/C14H20FN/c1-3-14(16-13-8-10(2)9-13)11-4-6-12(15)7-5-11/h4-7,10,13-14,16H,3,8-9H2,1-2H3. The van der Waals surface area contributed by atoms with Crippen LogP contribution in [0.2, 0.25) is 0 Å². The SMILES string of the molecule is CCC(NC1CC(C)C1)c1ccc(F)cc1. The van der Waals surface area contributed by atoms with Gasteiger partial charge in [-0.2, -0.15) is 0 Å². The monoisotopic (exact) mass is 221 g/mol. The lowest BCUT2D eigenvalue weighted by atomic mass is 9.81. The molecular weight excluding hydrogens is 201 g/mol. The number of halogens is 1. The second-order valence-corrected chi connectivity index (χ2v) is 4.95. The molecule has 1 aromatic rings. The van der Waals surface area contributed by atoms with E-state index in [-0.39, 0.29) is 5.82 Å². The second kappa shape index (κ2) is 4.96. The van der Waals surface area contributed by atoms with E-state index in [9.17, 15) is 4.39 Å². The van der Waals surface area contributed by atoms with Crippen LogP contribution in [-0.4, -0.2) is 6.04 Å². The first kappa shape index (κ1) is 11.6. The minimum atomic E-state index is -0.157. The lowest BCUT2D eigenvalue weighted by molar-refractivity contribution is 0.220. The van der Waals surface area contributed by atoms with Gasteiger partial charge in [-0.3, -0.25) is 0 Å². The van der Waals surface area contributed by atoms with Gasteiger partial charge in [0.15, 0.2) is 0 Å². The fourth-order valence-electron chi connectivity index (χ4n) is 2.47. The summed E-state index contributed by atoms with van der Waals surface area (Å²) in [4.78, 5) is 0. The van der Waals surface area contributed by atoms with Gasteiger partial charge in [0, 0.05) is 12.1 Å². The normalized spacial score (nSPS) is 26.2. The molecule has 1 aliphatic carbocycles. The Labute approximate surface area is 97.1 Å². The first-order valence-corrected chi connectivity index (χ1v) is 6.20. The van der Waals surface area contributed by atoms with Crippen molar-refractivity contribution in [3.8, 4) is 0 Å². The fourth-order valence-corrected chi connectivity index (χ4v) is 2.47. The lowest BCUT2D eigenvalue weighted by Crippen LogP contribution is -2.41. The van der Waals surface area contributed by atoms with E-state index in [0.717, 1.165) is 12.3 Å². The third-order valence-electron chi connectivity index (χ3n) is 3.49. The zero-order valence-electron chi connectivity index (χ0n) is 10.0. The maximum absolute atomic E-state index is 12.8. The third-order valence-corrected chi connectivity index (χ3v) is 3.49. The van der Waals surface area contributed by atoms with Crippen LogP contribution < -0.4 is 5.32 Å². The van der Waals surface area contributed by atoms with Crippen molar-refractivity contribution in [2.24, 2.45) is 5.92 Å². The summed E-state index contributed by atoms with van der Waals surface area (Å²) in [6.45, 7) is 4.46. The van der Waals surface area contributed by atoms with E-state index in [1.165, 1.54) is 18.4 Å². The van der Waals surface area contributed by atoms with E-state index >= 15 is 0 Å². The van der Waals surface area contributed by atoms with Crippen molar-refractivity contribution in [2.45, 2.75) is 45.2 Å². The summed E-state index contributed by atoms with van der Waals surface area (Å²) in [5.41, 5.74) is 1.20. The second-order valence-electron chi connectivity index (χ2n) is 4.95. The number of benzene rings is 1. The van der Waals surface area contributed by atoms with Crippen LogP contribution in [-0.2, 0) is 0 Å². The van der Waals surface area contributed by atoms with Crippen LogP contribution in [0.25, 0.3) is 0 Å². The Morgan fingerprint density at radius 3 is 2.44 bits per heavy atom. The van der Waals surface area contributed by atoms with Gasteiger partial charge in [0.2, 0.25) is 0 Å². The van der Waals surface area contributed by atoms with Crippen molar-refractivity contribution in [1.29, 1.82) is 0 Å². The van der Waals surface area contributed by atoms with Crippen molar-refractivity contribution >= 4 is 0 Å². The maximum atomic E-state index is 12.8. The van der Waals surface area contributed by atoms with Gasteiger partial charge in [-0.05, 0) is 42.9 Å². The molecule has 1 aliphatic rings. The quantitative estimate of drug-likeness (QED) is 0.818. The van der Waals surface area contributed by atoms with Crippen LogP contribution in [0.3, 0.4) is 0 Å². The summed E-state index contributed by atoms with van der Waals surface area (Å²) in [6.07, 6.45) is 3.60. The Bertz CT molecular complexity index is 327. The van der Waals surface area contributed by atoms with Crippen molar-refractivity contribution in [3.63, 3.8) is 0 Å². The van der Waals surface area contributed by atoms with E-state index in [0.29, 0.717) is 12.1 Å². The van der Waals surface area contributed by atoms with Crippen molar-refractivity contribution in [2.75, 3.05) is 0 Å². The maximum Gasteiger partial charge on any atom is 0.123 e. The van der Waals surface area contributed by atoms with Gasteiger partial charge >= 0.3 is 0 Å². The minimum absolute atomic E-state index is 0.157. The molecule has 0 spiro atoms. The molecule has 2 rings (SSSR count). The van der Waals surface area contributed by atoms with Gasteiger partial charge in [0.1, 0.15) is 5.82 Å². The molecule has 1 nitrogen and oxygen atoms in total. The zero-order valence-corrected chi connectivity index (χ0v) is 10.0.